The second-order valence-electron chi connectivity index (χ2n) is 6.50. The number of nitrogens with zero attached hydrogens (tertiary/aromatic N) is 2. The second-order valence-corrected chi connectivity index (χ2v) is 9.14. The predicted molar refractivity (Wildman–Crippen MR) is 123 cm³/mol. The highest BCUT2D eigenvalue weighted by Gasteiger charge is 2.24. The average Bonchev–Trinajstić information content (AvgIpc) is 3.26. The molecule has 0 unspecified atom stereocenters. The van der Waals surface area contributed by atoms with Crippen molar-refractivity contribution < 1.29 is 13.2 Å². The van der Waals surface area contributed by atoms with Crippen LogP contribution in [0, 0.1) is 0 Å². The summed E-state index contributed by atoms with van der Waals surface area (Å²) >= 11 is 12.0. The summed E-state index contributed by atoms with van der Waals surface area (Å²) in [6.45, 7) is 0. The molecule has 0 bridgehead atoms. The van der Waals surface area contributed by atoms with Gasteiger partial charge in [0, 0.05) is 10.0 Å². The topological polar surface area (TPSA) is 61.2 Å². The number of aromatic nitrogens is 2. The van der Waals surface area contributed by atoms with Crippen LogP contribution in [0.2, 0.25) is 10.0 Å². The van der Waals surface area contributed by atoms with Crippen LogP contribution >= 0.6 is 23.2 Å². The molecule has 8 heteroatoms. The Labute approximate surface area is 190 Å². The van der Waals surface area contributed by atoms with Crippen LogP contribution in [0.4, 0.5) is 0 Å². The summed E-state index contributed by atoms with van der Waals surface area (Å²) < 4.78 is 33.5. The summed E-state index contributed by atoms with van der Waals surface area (Å²) in [7, 11) is -4.01. The summed E-state index contributed by atoms with van der Waals surface area (Å²) in [5.41, 5.74) is 1.10. The van der Waals surface area contributed by atoms with Crippen LogP contribution in [0.25, 0.3) is 11.8 Å². The standard InChI is InChI=1S/C23H16Cl2N2O3S/c24-18-9-11-20(12-10-18)30-23(15-17-5-2-1-3-6-17)22-13-14-26-27(22)31(28,29)21-8-4-7-19(25)16-21/h1-16H. The van der Waals surface area contributed by atoms with E-state index in [1.807, 2.05) is 30.3 Å². The van der Waals surface area contributed by atoms with E-state index in [0.717, 1.165) is 9.65 Å². The molecule has 0 N–H and O–H groups in total. The number of rotatable bonds is 6. The van der Waals surface area contributed by atoms with E-state index < -0.39 is 10.0 Å². The van der Waals surface area contributed by atoms with E-state index in [4.69, 9.17) is 27.9 Å². The molecular weight excluding hydrogens is 455 g/mol. The molecule has 156 valence electrons. The summed E-state index contributed by atoms with van der Waals surface area (Å²) in [4.78, 5) is 0.0236. The van der Waals surface area contributed by atoms with Crippen molar-refractivity contribution in [3.05, 3.63) is 112 Å². The predicted octanol–water partition coefficient (Wildman–Crippen LogP) is 6.00. The van der Waals surface area contributed by atoms with Crippen LogP contribution in [0.3, 0.4) is 0 Å². The van der Waals surface area contributed by atoms with Gasteiger partial charge >= 0.3 is 0 Å². The zero-order valence-electron chi connectivity index (χ0n) is 16.0. The van der Waals surface area contributed by atoms with Crippen molar-refractivity contribution in [2.24, 2.45) is 0 Å². The van der Waals surface area contributed by atoms with Crippen molar-refractivity contribution in [2.45, 2.75) is 4.90 Å². The van der Waals surface area contributed by atoms with Crippen LogP contribution in [0.5, 0.6) is 5.75 Å². The summed E-state index contributed by atoms with van der Waals surface area (Å²) in [6, 6.07) is 23.8. The zero-order chi connectivity index (χ0) is 21.8. The van der Waals surface area contributed by atoms with Gasteiger partial charge in [0.2, 0.25) is 0 Å². The molecule has 5 nitrogen and oxygen atoms in total. The van der Waals surface area contributed by atoms with Gasteiger partial charge < -0.3 is 4.74 Å². The Hall–Kier alpha value is -3.06. The molecule has 1 aromatic heterocycles. The summed E-state index contributed by atoms with van der Waals surface area (Å²) in [6.07, 6.45) is 3.15. The molecule has 31 heavy (non-hydrogen) atoms. The summed E-state index contributed by atoms with van der Waals surface area (Å²) in [5, 5.41) is 4.93. The lowest BCUT2D eigenvalue weighted by Gasteiger charge is -2.13. The Kier molecular flexibility index (Phi) is 6.13. The molecule has 0 amide bonds. The molecule has 0 spiro atoms. The molecule has 0 atom stereocenters. The van der Waals surface area contributed by atoms with E-state index >= 15 is 0 Å². The minimum absolute atomic E-state index is 0.0236. The van der Waals surface area contributed by atoms with Gasteiger partial charge in [-0.1, -0.05) is 59.6 Å². The first kappa shape index (κ1) is 21.2. The highest BCUT2D eigenvalue weighted by molar-refractivity contribution is 7.89. The first-order valence-electron chi connectivity index (χ1n) is 9.19. The lowest BCUT2D eigenvalue weighted by atomic mass is 10.2. The van der Waals surface area contributed by atoms with Gasteiger partial charge in [-0.05, 0) is 60.2 Å². The first-order chi connectivity index (χ1) is 14.9. The molecule has 0 radical (unpaired) electrons. The highest BCUT2D eigenvalue weighted by atomic mass is 35.5. The van der Waals surface area contributed by atoms with Crippen molar-refractivity contribution >= 4 is 45.1 Å². The number of hydrogen-bond donors (Lipinski definition) is 0. The minimum Gasteiger partial charge on any atom is -0.455 e. The monoisotopic (exact) mass is 470 g/mol. The maximum Gasteiger partial charge on any atom is 0.283 e. The lowest BCUT2D eigenvalue weighted by Crippen LogP contribution is -2.18. The number of benzene rings is 3. The number of hydrogen-bond acceptors (Lipinski definition) is 4. The molecule has 0 saturated carbocycles. The minimum atomic E-state index is -4.01. The first-order valence-corrected chi connectivity index (χ1v) is 11.4. The van der Waals surface area contributed by atoms with E-state index in [9.17, 15) is 8.42 Å². The van der Waals surface area contributed by atoms with Gasteiger partial charge in [0.25, 0.3) is 10.0 Å². The van der Waals surface area contributed by atoms with Crippen molar-refractivity contribution in [2.75, 3.05) is 0 Å². The Morgan fingerprint density at radius 3 is 2.32 bits per heavy atom. The van der Waals surface area contributed by atoms with Crippen LogP contribution < -0.4 is 4.74 Å². The number of ether oxygens (including phenoxy) is 1. The SMILES string of the molecule is O=S(=O)(c1cccc(Cl)c1)n1nccc1C(=Cc1ccccc1)Oc1ccc(Cl)cc1. The van der Waals surface area contributed by atoms with Crippen molar-refractivity contribution in [1.29, 1.82) is 0 Å². The molecule has 0 fully saturated rings. The lowest BCUT2D eigenvalue weighted by molar-refractivity contribution is 0.511. The van der Waals surface area contributed by atoms with E-state index in [1.165, 1.54) is 18.3 Å². The smallest absolute Gasteiger partial charge is 0.283 e. The van der Waals surface area contributed by atoms with E-state index in [-0.39, 0.29) is 10.6 Å². The van der Waals surface area contributed by atoms with Crippen molar-refractivity contribution in [3.63, 3.8) is 0 Å². The second kappa shape index (κ2) is 8.98. The van der Waals surface area contributed by atoms with Crippen molar-refractivity contribution in [1.82, 2.24) is 9.19 Å². The average molecular weight is 471 g/mol. The van der Waals surface area contributed by atoms with Crippen LogP contribution in [0.1, 0.15) is 11.3 Å². The fourth-order valence-corrected chi connectivity index (χ4v) is 4.57. The van der Waals surface area contributed by atoms with E-state index in [2.05, 4.69) is 5.10 Å². The summed E-state index contributed by atoms with van der Waals surface area (Å²) in [5.74, 6) is 0.802. The fourth-order valence-electron chi connectivity index (χ4n) is 2.87. The maximum absolute atomic E-state index is 13.3. The molecule has 3 aromatic carbocycles. The molecular formula is C23H16Cl2N2O3S. The third-order valence-electron chi connectivity index (χ3n) is 4.32. The molecule has 0 aliphatic heterocycles. The van der Waals surface area contributed by atoms with Gasteiger partial charge in [-0.15, -0.1) is 4.09 Å². The molecule has 0 aliphatic carbocycles. The van der Waals surface area contributed by atoms with Crippen molar-refractivity contribution in [3.8, 4) is 5.75 Å². The highest BCUT2D eigenvalue weighted by Crippen LogP contribution is 2.27. The third-order valence-corrected chi connectivity index (χ3v) is 6.41. The number of halogens is 2. The van der Waals surface area contributed by atoms with E-state index in [1.54, 1.807) is 48.5 Å². The third kappa shape index (κ3) is 4.82. The maximum atomic E-state index is 13.3. The fraction of sp³-hybridized carbons (Fsp3) is 0. The van der Waals surface area contributed by atoms with Crippen LogP contribution in [0.15, 0.2) is 96.0 Å². The Bertz CT molecular complexity index is 1330. The van der Waals surface area contributed by atoms with Gasteiger partial charge in [-0.2, -0.15) is 13.5 Å². The molecule has 1 heterocycles. The van der Waals surface area contributed by atoms with Gasteiger partial charge in [-0.25, -0.2) is 0 Å². The van der Waals surface area contributed by atoms with Gasteiger partial charge in [0.15, 0.2) is 5.76 Å². The molecule has 4 rings (SSSR count). The quantitative estimate of drug-likeness (QED) is 0.324. The normalized spacial score (nSPS) is 12.0. The Morgan fingerprint density at radius 2 is 1.61 bits per heavy atom. The van der Waals surface area contributed by atoms with Gasteiger partial charge in [0.05, 0.1) is 11.1 Å². The largest absolute Gasteiger partial charge is 0.455 e. The molecule has 0 saturated heterocycles. The van der Waals surface area contributed by atoms with Gasteiger partial charge in [0.1, 0.15) is 11.4 Å². The Balaban J connectivity index is 1.82. The van der Waals surface area contributed by atoms with Crippen LogP contribution in [-0.2, 0) is 10.0 Å². The van der Waals surface area contributed by atoms with Crippen LogP contribution in [-0.4, -0.2) is 17.6 Å². The zero-order valence-corrected chi connectivity index (χ0v) is 18.3. The molecule has 0 aliphatic rings. The Morgan fingerprint density at radius 1 is 0.871 bits per heavy atom. The molecule has 4 aromatic rings. The van der Waals surface area contributed by atoms with Gasteiger partial charge in [-0.3, -0.25) is 0 Å². The van der Waals surface area contributed by atoms with E-state index in [0.29, 0.717) is 21.6 Å².